The van der Waals surface area contributed by atoms with Gasteiger partial charge in [-0.3, -0.25) is 9.69 Å². The minimum atomic E-state index is -0.902. The first kappa shape index (κ1) is 27.5. The summed E-state index contributed by atoms with van der Waals surface area (Å²) in [5.74, 6) is 1.56. The van der Waals surface area contributed by atoms with Gasteiger partial charge in [-0.25, -0.2) is 0 Å². The second-order valence-electron chi connectivity index (χ2n) is 9.48. The molecule has 4 rings (SSSR count). The summed E-state index contributed by atoms with van der Waals surface area (Å²) in [5.41, 5.74) is 2.01. The normalized spacial score (nSPS) is 15.8. The Bertz CT molecular complexity index is 1040. The lowest BCUT2D eigenvalue weighted by molar-refractivity contribution is -0.137. The molecular formula is C31H37NO6. The molecular weight excluding hydrogens is 482 g/mol. The van der Waals surface area contributed by atoms with Gasteiger partial charge in [0.2, 0.25) is 0 Å². The summed E-state index contributed by atoms with van der Waals surface area (Å²) in [6.07, 6.45) is 2.95. The van der Waals surface area contributed by atoms with Gasteiger partial charge in [0.05, 0.1) is 27.9 Å². The third-order valence-electron chi connectivity index (χ3n) is 7.38. The lowest BCUT2D eigenvalue weighted by Gasteiger charge is -2.37. The Hall–Kier alpha value is -3.55. The molecule has 0 bridgehead atoms. The third-order valence-corrected chi connectivity index (χ3v) is 7.38. The maximum absolute atomic E-state index is 11.1. The van der Waals surface area contributed by atoms with Crippen LogP contribution in [0.4, 0.5) is 0 Å². The van der Waals surface area contributed by atoms with Gasteiger partial charge in [0, 0.05) is 19.0 Å². The molecule has 0 unspecified atom stereocenters. The average molecular weight is 520 g/mol. The van der Waals surface area contributed by atoms with Crippen LogP contribution in [0.3, 0.4) is 0 Å². The highest BCUT2D eigenvalue weighted by atomic mass is 16.5. The van der Waals surface area contributed by atoms with Crippen LogP contribution in [0.1, 0.15) is 42.4 Å². The molecule has 1 saturated heterocycles. The summed E-state index contributed by atoms with van der Waals surface area (Å²) in [7, 11) is 4.97. The van der Waals surface area contributed by atoms with E-state index < -0.39 is 11.6 Å². The summed E-state index contributed by atoms with van der Waals surface area (Å²) in [6.45, 7) is 2.14. The Labute approximate surface area is 224 Å². The van der Waals surface area contributed by atoms with Crippen LogP contribution in [0.5, 0.6) is 17.2 Å². The summed E-state index contributed by atoms with van der Waals surface area (Å²) in [6, 6.07) is 24.2. The number of likely N-dealkylation sites (tertiary alicyclic amines) is 1. The SMILES string of the molecule is COc1ccc(C(OCCN2CCC[C@H]2CCC(=O)O)(c2ccc(OC)cc2)c2ccc(OC)cc2)cc1. The molecule has 0 amide bonds. The minimum absolute atomic E-state index is 0.190. The quantitative estimate of drug-likeness (QED) is 0.305. The molecule has 1 aliphatic heterocycles. The van der Waals surface area contributed by atoms with Crippen molar-refractivity contribution in [3.63, 3.8) is 0 Å². The number of benzene rings is 3. The molecule has 1 fully saturated rings. The van der Waals surface area contributed by atoms with E-state index in [4.69, 9.17) is 24.1 Å². The van der Waals surface area contributed by atoms with E-state index in [1.54, 1.807) is 21.3 Å². The van der Waals surface area contributed by atoms with Gasteiger partial charge in [-0.1, -0.05) is 36.4 Å². The van der Waals surface area contributed by atoms with E-state index >= 15 is 0 Å². The van der Waals surface area contributed by atoms with Crippen molar-refractivity contribution in [1.29, 1.82) is 0 Å². The monoisotopic (exact) mass is 519 g/mol. The molecule has 0 saturated carbocycles. The maximum atomic E-state index is 11.1. The van der Waals surface area contributed by atoms with Crippen LogP contribution in [0.25, 0.3) is 0 Å². The number of carbonyl (C=O) groups is 1. The van der Waals surface area contributed by atoms with Gasteiger partial charge in [-0.15, -0.1) is 0 Å². The highest BCUT2D eigenvalue weighted by molar-refractivity contribution is 5.66. The van der Waals surface area contributed by atoms with E-state index in [0.29, 0.717) is 19.6 Å². The summed E-state index contributed by atoms with van der Waals surface area (Å²) in [5, 5.41) is 9.16. The first-order chi connectivity index (χ1) is 18.5. The Morgan fingerprint density at radius 3 is 1.66 bits per heavy atom. The fraction of sp³-hybridized carbons (Fsp3) is 0.387. The molecule has 7 nitrogen and oxygen atoms in total. The van der Waals surface area contributed by atoms with E-state index in [1.807, 2.05) is 72.8 Å². The summed E-state index contributed by atoms with van der Waals surface area (Å²) in [4.78, 5) is 13.5. The van der Waals surface area contributed by atoms with Crippen molar-refractivity contribution in [3.8, 4) is 17.2 Å². The second-order valence-corrected chi connectivity index (χ2v) is 9.48. The highest BCUT2D eigenvalue weighted by Gasteiger charge is 2.38. The van der Waals surface area contributed by atoms with Crippen molar-refractivity contribution in [3.05, 3.63) is 89.5 Å². The van der Waals surface area contributed by atoms with Gasteiger partial charge in [-0.2, -0.15) is 0 Å². The largest absolute Gasteiger partial charge is 0.497 e. The molecule has 1 aliphatic rings. The van der Waals surface area contributed by atoms with E-state index in [9.17, 15) is 4.79 Å². The Kier molecular flexibility index (Phi) is 9.26. The number of hydrogen-bond acceptors (Lipinski definition) is 6. The molecule has 0 radical (unpaired) electrons. The van der Waals surface area contributed by atoms with Crippen molar-refractivity contribution >= 4 is 5.97 Å². The molecule has 3 aromatic carbocycles. The number of carboxylic acids is 1. The predicted octanol–water partition coefficient (Wildman–Crippen LogP) is 5.35. The fourth-order valence-electron chi connectivity index (χ4n) is 5.35. The van der Waals surface area contributed by atoms with E-state index in [-0.39, 0.29) is 12.5 Å². The summed E-state index contributed by atoms with van der Waals surface area (Å²) < 4.78 is 23.3. The number of methoxy groups -OCH3 is 3. The van der Waals surface area contributed by atoms with Crippen molar-refractivity contribution in [2.24, 2.45) is 0 Å². The topological polar surface area (TPSA) is 77.5 Å². The van der Waals surface area contributed by atoms with Gasteiger partial charge in [0.15, 0.2) is 0 Å². The van der Waals surface area contributed by atoms with Crippen molar-refractivity contribution < 1.29 is 28.8 Å². The van der Waals surface area contributed by atoms with Crippen LogP contribution >= 0.6 is 0 Å². The standard InChI is InChI=1S/C31H37NO6/c1-35-27-13-6-23(7-14-27)31(24-8-15-28(36-2)16-9-24,25-10-17-29(37-3)18-11-25)38-22-21-32-20-4-5-26(32)12-19-30(33)34/h6-11,13-18,26H,4-5,12,19-22H2,1-3H3,(H,33,34)/t26-/m0/s1. The Balaban J connectivity index is 1.72. The van der Waals surface area contributed by atoms with Gasteiger partial charge < -0.3 is 24.1 Å². The van der Waals surface area contributed by atoms with E-state index in [2.05, 4.69) is 4.90 Å². The maximum Gasteiger partial charge on any atom is 0.303 e. The minimum Gasteiger partial charge on any atom is -0.497 e. The van der Waals surface area contributed by atoms with Crippen LogP contribution < -0.4 is 14.2 Å². The Morgan fingerprint density at radius 1 is 0.816 bits per heavy atom. The number of aliphatic carboxylic acids is 1. The summed E-state index contributed by atoms with van der Waals surface area (Å²) >= 11 is 0. The van der Waals surface area contributed by atoms with Gasteiger partial charge in [0.25, 0.3) is 0 Å². The molecule has 3 aromatic rings. The van der Waals surface area contributed by atoms with E-state index in [0.717, 1.165) is 53.3 Å². The molecule has 1 N–H and O–H groups in total. The van der Waals surface area contributed by atoms with Crippen molar-refractivity contribution in [2.45, 2.75) is 37.3 Å². The molecule has 0 aliphatic carbocycles. The number of carboxylic acid groups (broad SMARTS) is 1. The first-order valence-electron chi connectivity index (χ1n) is 13.0. The van der Waals surface area contributed by atoms with Crippen LogP contribution in [0, 0.1) is 0 Å². The van der Waals surface area contributed by atoms with Crippen LogP contribution in [-0.4, -0.2) is 63.0 Å². The van der Waals surface area contributed by atoms with Gasteiger partial charge in [0.1, 0.15) is 22.8 Å². The third kappa shape index (κ3) is 6.11. The number of rotatable bonds is 13. The van der Waals surface area contributed by atoms with Crippen LogP contribution in [0.15, 0.2) is 72.8 Å². The van der Waals surface area contributed by atoms with Gasteiger partial charge >= 0.3 is 5.97 Å². The molecule has 38 heavy (non-hydrogen) atoms. The predicted molar refractivity (Wildman–Crippen MR) is 146 cm³/mol. The zero-order valence-corrected chi connectivity index (χ0v) is 22.4. The fourth-order valence-corrected chi connectivity index (χ4v) is 5.35. The zero-order valence-electron chi connectivity index (χ0n) is 22.4. The smallest absolute Gasteiger partial charge is 0.303 e. The molecule has 202 valence electrons. The second kappa shape index (κ2) is 12.8. The number of nitrogens with zero attached hydrogens (tertiary/aromatic N) is 1. The van der Waals surface area contributed by atoms with E-state index in [1.165, 1.54) is 0 Å². The molecule has 1 heterocycles. The molecule has 0 spiro atoms. The van der Waals surface area contributed by atoms with Crippen LogP contribution in [0.2, 0.25) is 0 Å². The molecule has 1 atom stereocenters. The molecule has 0 aromatic heterocycles. The van der Waals surface area contributed by atoms with Crippen LogP contribution in [-0.2, 0) is 15.1 Å². The zero-order chi connectivity index (χ0) is 27.0. The lowest BCUT2D eigenvalue weighted by atomic mass is 9.80. The molecule has 7 heteroatoms. The van der Waals surface area contributed by atoms with Crippen molar-refractivity contribution in [2.75, 3.05) is 41.0 Å². The number of ether oxygens (including phenoxy) is 4. The number of hydrogen-bond donors (Lipinski definition) is 1. The average Bonchev–Trinajstić information content (AvgIpc) is 3.42. The van der Waals surface area contributed by atoms with Gasteiger partial charge in [-0.05, 0) is 78.9 Å². The van der Waals surface area contributed by atoms with Crippen molar-refractivity contribution in [1.82, 2.24) is 4.90 Å². The highest BCUT2D eigenvalue weighted by Crippen LogP contribution is 2.42. The Morgan fingerprint density at radius 2 is 1.26 bits per heavy atom. The lowest BCUT2D eigenvalue weighted by Crippen LogP contribution is -2.38. The first-order valence-corrected chi connectivity index (χ1v) is 13.0.